The molecule has 23 heavy (non-hydrogen) atoms. The number of carbonyl (C=O) groups excluding carboxylic acids is 1. The molecular formula is C16H20ClNO4S. The first-order valence-electron chi connectivity index (χ1n) is 7.35. The Kier molecular flexibility index (Phi) is 5.70. The van der Waals surface area contributed by atoms with E-state index in [2.05, 4.69) is 0 Å². The Balaban J connectivity index is 2.07. The SMILES string of the molecule is CCN(Cc1cc(Cl)ccc1OC)C(=O)C[C@@H]1C=CS(=O)(=O)C1. The fourth-order valence-electron chi connectivity index (χ4n) is 2.57. The van der Waals surface area contributed by atoms with E-state index in [1.807, 2.05) is 6.92 Å². The van der Waals surface area contributed by atoms with E-state index in [-0.39, 0.29) is 24.0 Å². The van der Waals surface area contributed by atoms with Crippen molar-refractivity contribution >= 4 is 27.3 Å². The molecule has 1 aromatic rings. The monoisotopic (exact) mass is 357 g/mol. The molecule has 1 atom stereocenters. The lowest BCUT2D eigenvalue weighted by Gasteiger charge is -2.23. The van der Waals surface area contributed by atoms with Gasteiger partial charge in [-0.25, -0.2) is 8.42 Å². The highest BCUT2D eigenvalue weighted by molar-refractivity contribution is 7.94. The molecule has 0 bridgehead atoms. The van der Waals surface area contributed by atoms with Gasteiger partial charge in [0.1, 0.15) is 5.75 Å². The maximum absolute atomic E-state index is 12.5. The van der Waals surface area contributed by atoms with Gasteiger partial charge in [0.2, 0.25) is 5.91 Å². The third-order valence-electron chi connectivity index (χ3n) is 3.78. The average molecular weight is 358 g/mol. The lowest BCUT2D eigenvalue weighted by molar-refractivity contribution is -0.132. The molecule has 5 nitrogen and oxygen atoms in total. The lowest BCUT2D eigenvalue weighted by atomic mass is 10.1. The zero-order valence-corrected chi connectivity index (χ0v) is 14.7. The van der Waals surface area contributed by atoms with Crippen molar-refractivity contribution in [2.75, 3.05) is 19.4 Å². The van der Waals surface area contributed by atoms with Crippen LogP contribution < -0.4 is 4.74 Å². The summed E-state index contributed by atoms with van der Waals surface area (Å²) in [6, 6.07) is 5.27. The smallest absolute Gasteiger partial charge is 0.223 e. The number of halogens is 1. The van der Waals surface area contributed by atoms with E-state index in [9.17, 15) is 13.2 Å². The van der Waals surface area contributed by atoms with E-state index in [4.69, 9.17) is 16.3 Å². The van der Waals surface area contributed by atoms with Crippen molar-refractivity contribution in [2.24, 2.45) is 5.92 Å². The molecule has 0 saturated carbocycles. The number of rotatable bonds is 6. The number of nitrogens with zero attached hydrogens (tertiary/aromatic N) is 1. The fourth-order valence-corrected chi connectivity index (χ4v) is 4.17. The third-order valence-corrected chi connectivity index (χ3v) is 5.48. The van der Waals surface area contributed by atoms with E-state index in [1.54, 1.807) is 36.3 Å². The van der Waals surface area contributed by atoms with Crippen LogP contribution in [0, 0.1) is 5.92 Å². The normalized spacial score (nSPS) is 18.8. The fraction of sp³-hybridized carbons (Fsp3) is 0.438. The number of benzene rings is 1. The summed E-state index contributed by atoms with van der Waals surface area (Å²) in [4.78, 5) is 14.1. The summed E-state index contributed by atoms with van der Waals surface area (Å²) in [6.07, 6.45) is 1.79. The highest BCUT2D eigenvalue weighted by atomic mass is 35.5. The van der Waals surface area contributed by atoms with Crippen LogP contribution in [0.15, 0.2) is 29.7 Å². The zero-order chi connectivity index (χ0) is 17.0. The van der Waals surface area contributed by atoms with Crippen LogP contribution in [0.1, 0.15) is 18.9 Å². The van der Waals surface area contributed by atoms with Crippen LogP contribution in [-0.2, 0) is 21.2 Å². The minimum Gasteiger partial charge on any atom is -0.496 e. The number of ether oxygens (including phenoxy) is 1. The van der Waals surface area contributed by atoms with Crippen molar-refractivity contribution in [3.05, 3.63) is 40.3 Å². The second kappa shape index (κ2) is 7.36. The van der Waals surface area contributed by atoms with Gasteiger partial charge in [-0.2, -0.15) is 0 Å². The first-order chi connectivity index (χ1) is 10.8. The van der Waals surface area contributed by atoms with Gasteiger partial charge in [0.05, 0.1) is 12.9 Å². The van der Waals surface area contributed by atoms with Crippen LogP contribution in [0.5, 0.6) is 5.75 Å². The summed E-state index contributed by atoms with van der Waals surface area (Å²) in [5.41, 5.74) is 0.824. The van der Waals surface area contributed by atoms with Gasteiger partial charge in [-0.05, 0) is 25.1 Å². The van der Waals surface area contributed by atoms with Crippen molar-refractivity contribution in [3.63, 3.8) is 0 Å². The first kappa shape index (κ1) is 17.8. The second-order valence-electron chi connectivity index (χ2n) is 5.49. The molecule has 1 aliphatic heterocycles. The largest absolute Gasteiger partial charge is 0.496 e. The van der Waals surface area contributed by atoms with Gasteiger partial charge in [0, 0.05) is 41.4 Å². The molecule has 0 aromatic heterocycles. The third kappa shape index (κ3) is 4.72. The van der Waals surface area contributed by atoms with E-state index in [0.717, 1.165) is 5.56 Å². The van der Waals surface area contributed by atoms with Crippen LogP contribution >= 0.6 is 11.6 Å². The highest BCUT2D eigenvalue weighted by Crippen LogP contribution is 2.25. The molecule has 0 spiro atoms. The number of amides is 1. The van der Waals surface area contributed by atoms with E-state index >= 15 is 0 Å². The summed E-state index contributed by atoms with van der Waals surface area (Å²) in [6.45, 7) is 2.79. The average Bonchev–Trinajstić information content (AvgIpc) is 2.83. The summed E-state index contributed by atoms with van der Waals surface area (Å²) in [5, 5.41) is 1.77. The summed E-state index contributed by atoms with van der Waals surface area (Å²) in [5.74, 6) is 0.352. The van der Waals surface area contributed by atoms with Gasteiger partial charge in [-0.15, -0.1) is 0 Å². The summed E-state index contributed by atoms with van der Waals surface area (Å²) in [7, 11) is -1.57. The number of methoxy groups -OCH3 is 1. The van der Waals surface area contributed by atoms with Gasteiger partial charge in [0.15, 0.2) is 9.84 Å². The Morgan fingerprint density at radius 3 is 2.74 bits per heavy atom. The number of sulfone groups is 1. The van der Waals surface area contributed by atoms with E-state index in [1.165, 1.54) is 5.41 Å². The van der Waals surface area contributed by atoms with Crippen LogP contribution in [-0.4, -0.2) is 38.6 Å². The molecule has 1 heterocycles. The maximum atomic E-state index is 12.5. The van der Waals surface area contributed by atoms with Crippen LogP contribution in [0.4, 0.5) is 0 Å². The quantitative estimate of drug-likeness (QED) is 0.785. The topological polar surface area (TPSA) is 63.7 Å². The standard InChI is InChI=1S/C16H20ClNO4S/c1-3-18(10-13-9-14(17)4-5-15(13)22-2)16(19)8-12-6-7-23(20,21)11-12/h4-7,9,12H,3,8,10-11H2,1-2H3/t12-/m0/s1. The minimum absolute atomic E-state index is 0.0107. The molecular weight excluding hydrogens is 338 g/mol. The molecule has 126 valence electrons. The number of carbonyl (C=O) groups is 1. The van der Waals surface area contributed by atoms with Crippen LogP contribution in [0.2, 0.25) is 5.02 Å². The second-order valence-corrected chi connectivity index (χ2v) is 7.85. The number of hydrogen-bond donors (Lipinski definition) is 0. The molecule has 7 heteroatoms. The molecule has 1 amide bonds. The van der Waals surface area contributed by atoms with Crippen LogP contribution in [0.3, 0.4) is 0 Å². The Labute approximate surface area is 141 Å². The van der Waals surface area contributed by atoms with Crippen LogP contribution in [0.25, 0.3) is 0 Å². The molecule has 0 saturated heterocycles. The zero-order valence-electron chi connectivity index (χ0n) is 13.2. The van der Waals surface area contributed by atoms with Gasteiger partial charge < -0.3 is 9.64 Å². The molecule has 0 radical (unpaired) electrons. The van der Waals surface area contributed by atoms with Crippen molar-refractivity contribution in [1.82, 2.24) is 4.90 Å². The van der Waals surface area contributed by atoms with Gasteiger partial charge in [0.25, 0.3) is 0 Å². The summed E-state index contributed by atoms with van der Waals surface area (Å²) < 4.78 is 28.2. The van der Waals surface area contributed by atoms with E-state index in [0.29, 0.717) is 23.9 Å². The van der Waals surface area contributed by atoms with Gasteiger partial charge in [-0.3, -0.25) is 4.79 Å². The van der Waals surface area contributed by atoms with Crippen molar-refractivity contribution in [1.29, 1.82) is 0 Å². The van der Waals surface area contributed by atoms with Crippen molar-refractivity contribution in [2.45, 2.75) is 19.9 Å². The summed E-state index contributed by atoms with van der Waals surface area (Å²) >= 11 is 6.01. The Morgan fingerprint density at radius 1 is 1.43 bits per heavy atom. The lowest BCUT2D eigenvalue weighted by Crippen LogP contribution is -2.32. The van der Waals surface area contributed by atoms with Crippen molar-refractivity contribution in [3.8, 4) is 5.75 Å². The Morgan fingerprint density at radius 2 is 2.17 bits per heavy atom. The first-order valence-corrected chi connectivity index (χ1v) is 9.45. The molecule has 0 aliphatic carbocycles. The van der Waals surface area contributed by atoms with E-state index < -0.39 is 9.84 Å². The molecule has 2 rings (SSSR count). The predicted molar refractivity (Wildman–Crippen MR) is 90.1 cm³/mol. The molecule has 0 unspecified atom stereocenters. The molecule has 0 N–H and O–H groups in total. The molecule has 1 aliphatic rings. The molecule has 1 aromatic carbocycles. The highest BCUT2D eigenvalue weighted by Gasteiger charge is 2.26. The van der Waals surface area contributed by atoms with Crippen molar-refractivity contribution < 1.29 is 17.9 Å². The predicted octanol–water partition coefficient (Wildman–Crippen LogP) is 2.65. The van der Waals surface area contributed by atoms with Gasteiger partial charge in [-0.1, -0.05) is 17.7 Å². The molecule has 0 fully saturated rings. The minimum atomic E-state index is -3.14. The van der Waals surface area contributed by atoms with Gasteiger partial charge >= 0.3 is 0 Å². The Bertz CT molecular complexity index is 715. The number of hydrogen-bond acceptors (Lipinski definition) is 4. The Hall–Kier alpha value is -1.53. The maximum Gasteiger partial charge on any atom is 0.223 e. The number of allylic oxidation sites excluding steroid dienone is 1.